The minimum Gasteiger partial charge on any atom is -0.383 e. The van der Waals surface area contributed by atoms with Crippen molar-refractivity contribution in [3.8, 4) is 0 Å². The summed E-state index contributed by atoms with van der Waals surface area (Å²) in [6.07, 6.45) is 0. The van der Waals surface area contributed by atoms with E-state index in [2.05, 4.69) is 18.7 Å². The monoisotopic (exact) mass is 243 g/mol. The molecule has 1 rings (SSSR count). The molecule has 1 saturated heterocycles. The second-order valence-corrected chi connectivity index (χ2v) is 4.81. The average molecular weight is 243 g/mol. The van der Waals surface area contributed by atoms with Gasteiger partial charge in [-0.3, -0.25) is 4.90 Å². The van der Waals surface area contributed by atoms with Crippen LogP contribution in [-0.4, -0.2) is 80.3 Å². The highest BCUT2D eigenvalue weighted by atomic mass is 16.5. The molecule has 0 radical (unpaired) electrons. The summed E-state index contributed by atoms with van der Waals surface area (Å²) in [4.78, 5) is 18.1. The van der Waals surface area contributed by atoms with Crippen LogP contribution in [-0.2, 0) is 4.74 Å². The maximum Gasteiger partial charge on any atom is 0.319 e. The molecule has 0 aliphatic carbocycles. The van der Waals surface area contributed by atoms with Crippen LogP contribution >= 0.6 is 0 Å². The summed E-state index contributed by atoms with van der Waals surface area (Å²) in [7, 11) is 3.48. The highest BCUT2D eigenvalue weighted by molar-refractivity contribution is 5.74. The fourth-order valence-electron chi connectivity index (χ4n) is 1.99. The summed E-state index contributed by atoms with van der Waals surface area (Å²) in [5, 5.41) is 0. The van der Waals surface area contributed by atoms with Crippen LogP contribution in [0.2, 0.25) is 0 Å². The second kappa shape index (κ2) is 6.81. The maximum atomic E-state index is 12.1. The van der Waals surface area contributed by atoms with Crippen LogP contribution in [0, 0.1) is 0 Å². The lowest BCUT2D eigenvalue weighted by Crippen LogP contribution is -2.53. The number of hydrogen-bond donors (Lipinski definition) is 0. The standard InChI is InChI=1S/C12H25N3O2/c1-11(2)14-5-7-15(8-6-14)12(16)13(3)9-10-17-4/h11H,5-10H2,1-4H3. The molecule has 5 heteroatoms. The van der Waals surface area contributed by atoms with E-state index >= 15 is 0 Å². The van der Waals surface area contributed by atoms with Crippen molar-refractivity contribution in [1.29, 1.82) is 0 Å². The van der Waals surface area contributed by atoms with E-state index in [1.165, 1.54) is 0 Å². The topological polar surface area (TPSA) is 36.0 Å². The zero-order valence-electron chi connectivity index (χ0n) is 11.5. The molecule has 1 aliphatic heterocycles. The van der Waals surface area contributed by atoms with Gasteiger partial charge in [-0.05, 0) is 13.8 Å². The van der Waals surface area contributed by atoms with Crippen molar-refractivity contribution in [3.05, 3.63) is 0 Å². The number of ether oxygens (including phenoxy) is 1. The van der Waals surface area contributed by atoms with Gasteiger partial charge in [-0.2, -0.15) is 0 Å². The zero-order valence-corrected chi connectivity index (χ0v) is 11.5. The van der Waals surface area contributed by atoms with E-state index < -0.39 is 0 Å². The van der Waals surface area contributed by atoms with Gasteiger partial charge in [0.25, 0.3) is 0 Å². The Labute approximate surface area is 104 Å². The summed E-state index contributed by atoms with van der Waals surface area (Å²) >= 11 is 0. The molecule has 100 valence electrons. The fourth-order valence-corrected chi connectivity index (χ4v) is 1.99. The first kappa shape index (κ1) is 14.3. The Morgan fingerprint density at radius 1 is 1.29 bits per heavy atom. The number of likely N-dealkylation sites (N-methyl/N-ethyl adjacent to an activating group) is 1. The SMILES string of the molecule is COCCN(C)C(=O)N1CCN(C(C)C)CC1. The third-order valence-corrected chi connectivity index (χ3v) is 3.27. The molecule has 1 aliphatic rings. The number of hydrogen-bond acceptors (Lipinski definition) is 3. The van der Waals surface area contributed by atoms with Crippen LogP contribution in [0.4, 0.5) is 4.79 Å². The molecule has 17 heavy (non-hydrogen) atoms. The Balaban J connectivity index is 2.35. The average Bonchev–Trinajstić information content (AvgIpc) is 2.35. The molecule has 0 spiro atoms. The number of nitrogens with zero attached hydrogens (tertiary/aromatic N) is 3. The largest absolute Gasteiger partial charge is 0.383 e. The molecule has 0 atom stereocenters. The molecule has 0 saturated carbocycles. The van der Waals surface area contributed by atoms with Crippen LogP contribution in [0.5, 0.6) is 0 Å². The lowest BCUT2D eigenvalue weighted by Gasteiger charge is -2.38. The smallest absolute Gasteiger partial charge is 0.319 e. The van der Waals surface area contributed by atoms with Gasteiger partial charge in [0.05, 0.1) is 6.61 Å². The van der Waals surface area contributed by atoms with Crippen LogP contribution < -0.4 is 0 Å². The molecule has 5 nitrogen and oxygen atoms in total. The van der Waals surface area contributed by atoms with Crippen molar-refractivity contribution < 1.29 is 9.53 Å². The first-order valence-electron chi connectivity index (χ1n) is 6.29. The predicted molar refractivity (Wildman–Crippen MR) is 68.2 cm³/mol. The maximum absolute atomic E-state index is 12.1. The van der Waals surface area contributed by atoms with Crippen molar-refractivity contribution in [2.24, 2.45) is 0 Å². The van der Waals surface area contributed by atoms with E-state index in [1.54, 1.807) is 12.0 Å². The first-order valence-corrected chi connectivity index (χ1v) is 6.29. The summed E-state index contributed by atoms with van der Waals surface area (Å²) in [5.41, 5.74) is 0. The van der Waals surface area contributed by atoms with Gasteiger partial charge in [-0.1, -0.05) is 0 Å². The highest BCUT2D eigenvalue weighted by Gasteiger charge is 2.24. The highest BCUT2D eigenvalue weighted by Crippen LogP contribution is 2.07. The lowest BCUT2D eigenvalue weighted by atomic mass is 10.2. The van der Waals surface area contributed by atoms with Gasteiger partial charge in [0, 0.05) is 52.9 Å². The molecule has 0 aromatic heterocycles. The molecule has 2 amide bonds. The number of urea groups is 1. The van der Waals surface area contributed by atoms with Gasteiger partial charge in [0.2, 0.25) is 0 Å². The third-order valence-electron chi connectivity index (χ3n) is 3.27. The van der Waals surface area contributed by atoms with E-state index in [-0.39, 0.29) is 6.03 Å². The second-order valence-electron chi connectivity index (χ2n) is 4.81. The summed E-state index contributed by atoms with van der Waals surface area (Å²) < 4.78 is 4.98. The Morgan fingerprint density at radius 3 is 2.35 bits per heavy atom. The van der Waals surface area contributed by atoms with Gasteiger partial charge < -0.3 is 14.5 Å². The van der Waals surface area contributed by atoms with Crippen molar-refractivity contribution in [1.82, 2.24) is 14.7 Å². The first-order chi connectivity index (χ1) is 8.06. The number of methoxy groups -OCH3 is 1. The van der Waals surface area contributed by atoms with Crippen LogP contribution in [0.1, 0.15) is 13.8 Å². The number of carbonyl (C=O) groups excluding carboxylic acids is 1. The molecule has 0 aromatic rings. The van der Waals surface area contributed by atoms with Crippen molar-refractivity contribution in [2.75, 3.05) is 53.5 Å². The normalized spacial score (nSPS) is 17.6. The minimum absolute atomic E-state index is 0.116. The van der Waals surface area contributed by atoms with E-state index in [0.29, 0.717) is 19.2 Å². The Kier molecular flexibility index (Phi) is 5.71. The van der Waals surface area contributed by atoms with Crippen LogP contribution in [0.3, 0.4) is 0 Å². The zero-order chi connectivity index (χ0) is 12.8. The van der Waals surface area contributed by atoms with Gasteiger partial charge in [0.15, 0.2) is 0 Å². The quantitative estimate of drug-likeness (QED) is 0.729. The Hall–Kier alpha value is -0.810. The fraction of sp³-hybridized carbons (Fsp3) is 0.917. The molecular formula is C12H25N3O2. The number of amides is 2. The third kappa shape index (κ3) is 4.16. The molecule has 0 aromatic carbocycles. The van der Waals surface area contributed by atoms with Gasteiger partial charge in [-0.15, -0.1) is 0 Å². The van der Waals surface area contributed by atoms with Gasteiger partial charge >= 0.3 is 6.03 Å². The Bertz CT molecular complexity index is 238. The van der Waals surface area contributed by atoms with E-state index in [1.807, 2.05) is 11.9 Å². The van der Waals surface area contributed by atoms with Crippen molar-refractivity contribution in [2.45, 2.75) is 19.9 Å². The van der Waals surface area contributed by atoms with E-state index in [0.717, 1.165) is 26.2 Å². The number of carbonyl (C=O) groups is 1. The summed E-state index contributed by atoms with van der Waals surface area (Å²) in [6.45, 7) is 9.24. The van der Waals surface area contributed by atoms with Crippen molar-refractivity contribution in [3.63, 3.8) is 0 Å². The molecule has 0 bridgehead atoms. The Morgan fingerprint density at radius 2 is 1.88 bits per heavy atom. The number of rotatable bonds is 4. The van der Waals surface area contributed by atoms with Crippen LogP contribution in [0.15, 0.2) is 0 Å². The predicted octanol–water partition coefficient (Wildman–Crippen LogP) is 0.711. The molecule has 0 N–H and O–H groups in total. The van der Waals surface area contributed by atoms with Crippen LogP contribution in [0.25, 0.3) is 0 Å². The van der Waals surface area contributed by atoms with E-state index in [4.69, 9.17) is 4.74 Å². The van der Waals surface area contributed by atoms with Gasteiger partial charge in [0.1, 0.15) is 0 Å². The summed E-state index contributed by atoms with van der Waals surface area (Å²) in [5.74, 6) is 0. The molecular weight excluding hydrogens is 218 g/mol. The minimum atomic E-state index is 0.116. The van der Waals surface area contributed by atoms with E-state index in [9.17, 15) is 4.79 Å². The van der Waals surface area contributed by atoms with Crippen molar-refractivity contribution >= 4 is 6.03 Å². The molecule has 0 unspecified atom stereocenters. The summed E-state index contributed by atoms with van der Waals surface area (Å²) in [6, 6.07) is 0.684. The van der Waals surface area contributed by atoms with Gasteiger partial charge in [-0.25, -0.2) is 4.79 Å². The molecule has 1 fully saturated rings. The lowest BCUT2D eigenvalue weighted by molar-refractivity contribution is 0.0960. The number of piperazine rings is 1. The molecule has 1 heterocycles.